The molecule has 0 aliphatic rings. The Hall–Kier alpha value is -2.46. The summed E-state index contributed by atoms with van der Waals surface area (Å²) < 4.78 is 0. The zero-order chi connectivity index (χ0) is 15.4. The fourth-order valence-corrected chi connectivity index (χ4v) is 2.31. The van der Waals surface area contributed by atoms with Crippen molar-refractivity contribution in [1.82, 2.24) is 15.0 Å². The average molecular weight is 311 g/mol. The van der Waals surface area contributed by atoms with Crippen molar-refractivity contribution >= 4 is 17.4 Å². The van der Waals surface area contributed by atoms with Crippen LogP contribution in [0.3, 0.4) is 0 Å². The second-order valence-electron chi connectivity index (χ2n) is 4.96. The minimum atomic E-state index is 0.431. The molecule has 0 spiro atoms. The third kappa shape index (κ3) is 3.59. The minimum absolute atomic E-state index is 0.431. The molecule has 4 nitrogen and oxygen atoms in total. The Bertz CT molecular complexity index is 772. The number of nitrogens with zero attached hydrogens (tertiary/aromatic N) is 3. The molecule has 0 radical (unpaired) electrons. The monoisotopic (exact) mass is 310 g/mol. The van der Waals surface area contributed by atoms with E-state index >= 15 is 0 Å². The number of hydrogen-bond acceptors (Lipinski definition) is 4. The molecule has 0 atom stereocenters. The Labute approximate surface area is 134 Å². The molecule has 0 unspecified atom stereocenters. The lowest BCUT2D eigenvalue weighted by molar-refractivity contribution is 1.08. The lowest BCUT2D eigenvalue weighted by atomic mass is 10.0. The van der Waals surface area contributed by atoms with Gasteiger partial charge >= 0.3 is 0 Å². The highest BCUT2D eigenvalue weighted by Gasteiger charge is 2.00. The number of halogens is 1. The summed E-state index contributed by atoms with van der Waals surface area (Å²) in [7, 11) is 0. The lowest BCUT2D eigenvalue weighted by Crippen LogP contribution is -2.01. The molecule has 1 N–H and O–H groups in total. The highest BCUT2D eigenvalue weighted by atomic mass is 35.5. The van der Waals surface area contributed by atoms with Crippen LogP contribution in [-0.2, 0) is 6.54 Å². The van der Waals surface area contributed by atoms with E-state index in [2.05, 4.69) is 50.6 Å². The predicted molar refractivity (Wildman–Crippen MR) is 88.8 cm³/mol. The topological polar surface area (TPSA) is 50.7 Å². The van der Waals surface area contributed by atoms with Crippen LogP contribution in [0.1, 0.15) is 11.3 Å². The fraction of sp³-hybridized carbons (Fsp3) is 0.118. The molecular weight excluding hydrogens is 296 g/mol. The van der Waals surface area contributed by atoms with Gasteiger partial charge in [0.15, 0.2) is 0 Å². The van der Waals surface area contributed by atoms with Crippen molar-refractivity contribution in [2.75, 3.05) is 5.32 Å². The van der Waals surface area contributed by atoms with E-state index in [4.69, 9.17) is 11.6 Å². The summed E-state index contributed by atoms with van der Waals surface area (Å²) in [5.74, 6) is 0.717. The standard InChI is InChI=1S/C17H15ClN4/c1-12-8-15(6-7-19-12)14-4-2-13(3-5-14)10-20-17-9-16(18)21-11-22-17/h2-9,11H,10H2,1H3,(H,20,21,22). The normalized spacial score (nSPS) is 10.5. The molecule has 3 aromatic rings. The van der Waals surface area contributed by atoms with Gasteiger partial charge < -0.3 is 5.32 Å². The zero-order valence-corrected chi connectivity index (χ0v) is 12.9. The third-order valence-corrected chi connectivity index (χ3v) is 3.50. The van der Waals surface area contributed by atoms with Gasteiger partial charge in [0.2, 0.25) is 0 Å². The quantitative estimate of drug-likeness (QED) is 0.737. The molecular formula is C17H15ClN4. The molecule has 22 heavy (non-hydrogen) atoms. The largest absolute Gasteiger partial charge is 0.366 e. The number of pyridine rings is 1. The highest BCUT2D eigenvalue weighted by molar-refractivity contribution is 6.29. The van der Waals surface area contributed by atoms with Gasteiger partial charge in [-0.2, -0.15) is 0 Å². The first kappa shape index (κ1) is 14.5. The number of benzene rings is 1. The molecule has 0 aliphatic heterocycles. The minimum Gasteiger partial charge on any atom is -0.366 e. The van der Waals surface area contributed by atoms with Crippen LogP contribution in [0, 0.1) is 6.92 Å². The van der Waals surface area contributed by atoms with E-state index in [1.807, 2.05) is 19.2 Å². The molecule has 1 aromatic carbocycles. The van der Waals surface area contributed by atoms with Gasteiger partial charge in [-0.25, -0.2) is 9.97 Å². The SMILES string of the molecule is Cc1cc(-c2ccc(CNc3cc(Cl)ncn3)cc2)ccn1. The van der Waals surface area contributed by atoms with Gasteiger partial charge in [0.25, 0.3) is 0 Å². The maximum Gasteiger partial charge on any atom is 0.134 e. The van der Waals surface area contributed by atoms with Crippen LogP contribution in [0.25, 0.3) is 11.1 Å². The van der Waals surface area contributed by atoms with Crippen molar-refractivity contribution in [1.29, 1.82) is 0 Å². The zero-order valence-electron chi connectivity index (χ0n) is 12.1. The average Bonchev–Trinajstić information content (AvgIpc) is 2.54. The molecule has 0 amide bonds. The number of aryl methyl sites for hydroxylation is 1. The van der Waals surface area contributed by atoms with Crippen molar-refractivity contribution < 1.29 is 0 Å². The van der Waals surface area contributed by atoms with Crippen molar-refractivity contribution in [3.05, 3.63) is 71.4 Å². The van der Waals surface area contributed by atoms with Gasteiger partial charge in [-0.3, -0.25) is 4.98 Å². The lowest BCUT2D eigenvalue weighted by Gasteiger charge is -2.07. The van der Waals surface area contributed by atoms with E-state index in [0.29, 0.717) is 17.5 Å². The van der Waals surface area contributed by atoms with Crippen LogP contribution in [0.15, 0.2) is 55.0 Å². The van der Waals surface area contributed by atoms with E-state index in [9.17, 15) is 0 Å². The second kappa shape index (κ2) is 6.54. The molecule has 5 heteroatoms. The van der Waals surface area contributed by atoms with Crippen LogP contribution < -0.4 is 5.32 Å². The Kier molecular flexibility index (Phi) is 4.30. The van der Waals surface area contributed by atoms with E-state index in [0.717, 1.165) is 5.69 Å². The maximum atomic E-state index is 5.83. The molecule has 0 bridgehead atoms. The number of anilines is 1. The predicted octanol–water partition coefficient (Wildman–Crippen LogP) is 4.11. The molecule has 110 valence electrons. The second-order valence-corrected chi connectivity index (χ2v) is 5.35. The molecule has 2 aromatic heterocycles. The summed E-state index contributed by atoms with van der Waals surface area (Å²) in [6.45, 7) is 2.68. The van der Waals surface area contributed by atoms with Crippen LogP contribution in [0.4, 0.5) is 5.82 Å². The molecule has 0 saturated heterocycles. The number of nitrogens with one attached hydrogen (secondary N) is 1. The Morgan fingerprint density at radius 1 is 0.955 bits per heavy atom. The van der Waals surface area contributed by atoms with Crippen molar-refractivity contribution in [2.45, 2.75) is 13.5 Å². The summed E-state index contributed by atoms with van der Waals surface area (Å²) in [4.78, 5) is 12.2. The van der Waals surface area contributed by atoms with Gasteiger partial charge in [0, 0.05) is 24.5 Å². The molecule has 3 rings (SSSR count). The van der Waals surface area contributed by atoms with Crippen LogP contribution in [-0.4, -0.2) is 15.0 Å². The molecule has 0 fully saturated rings. The number of aromatic nitrogens is 3. The van der Waals surface area contributed by atoms with Crippen molar-refractivity contribution in [2.24, 2.45) is 0 Å². The number of hydrogen-bond donors (Lipinski definition) is 1. The summed E-state index contributed by atoms with van der Waals surface area (Å²) in [5, 5.41) is 3.66. The van der Waals surface area contributed by atoms with Gasteiger partial charge in [0.05, 0.1) is 0 Å². The van der Waals surface area contributed by atoms with E-state index in [1.165, 1.54) is 23.0 Å². The Morgan fingerprint density at radius 3 is 2.50 bits per heavy atom. The summed E-state index contributed by atoms with van der Waals surface area (Å²) in [5.41, 5.74) is 4.54. The van der Waals surface area contributed by atoms with Gasteiger partial charge in [-0.15, -0.1) is 0 Å². The highest BCUT2D eigenvalue weighted by Crippen LogP contribution is 2.20. The van der Waals surface area contributed by atoms with Crippen LogP contribution in [0.2, 0.25) is 5.15 Å². The summed E-state index contributed by atoms with van der Waals surface area (Å²) in [6, 6.07) is 14.2. The molecule has 0 aliphatic carbocycles. The fourth-order valence-electron chi connectivity index (χ4n) is 2.16. The van der Waals surface area contributed by atoms with E-state index in [1.54, 1.807) is 6.07 Å². The van der Waals surface area contributed by atoms with Crippen LogP contribution >= 0.6 is 11.6 Å². The molecule has 2 heterocycles. The van der Waals surface area contributed by atoms with Crippen LogP contribution in [0.5, 0.6) is 0 Å². The van der Waals surface area contributed by atoms with Gasteiger partial charge in [-0.1, -0.05) is 35.9 Å². The van der Waals surface area contributed by atoms with Gasteiger partial charge in [-0.05, 0) is 35.7 Å². The maximum absolute atomic E-state index is 5.83. The van der Waals surface area contributed by atoms with Crippen molar-refractivity contribution in [3.8, 4) is 11.1 Å². The Balaban J connectivity index is 1.69. The van der Waals surface area contributed by atoms with E-state index in [-0.39, 0.29) is 0 Å². The summed E-state index contributed by atoms with van der Waals surface area (Å²) in [6.07, 6.45) is 3.28. The first-order valence-electron chi connectivity index (χ1n) is 6.94. The first-order valence-corrected chi connectivity index (χ1v) is 7.32. The number of rotatable bonds is 4. The first-order chi connectivity index (χ1) is 10.7. The van der Waals surface area contributed by atoms with Gasteiger partial charge in [0.1, 0.15) is 17.3 Å². The Morgan fingerprint density at radius 2 is 1.77 bits per heavy atom. The third-order valence-electron chi connectivity index (χ3n) is 3.29. The molecule has 0 saturated carbocycles. The van der Waals surface area contributed by atoms with Crippen molar-refractivity contribution in [3.63, 3.8) is 0 Å². The summed E-state index contributed by atoms with van der Waals surface area (Å²) >= 11 is 5.83. The smallest absolute Gasteiger partial charge is 0.134 e. The van der Waals surface area contributed by atoms with E-state index < -0.39 is 0 Å².